The third kappa shape index (κ3) is 2.65. The van der Waals surface area contributed by atoms with Crippen LogP contribution in [0.3, 0.4) is 0 Å². The number of aryl methyl sites for hydroxylation is 1. The van der Waals surface area contributed by atoms with Crippen molar-refractivity contribution in [3.8, 4) is 11.3 Å². The molecule has 0 radical (unpaired) electrons. The van der Waals surface area contributed by atoms with Crippen molar-refractivity contribution in [1.82, 2.24) is 15.1 Å². The first-order chi connectivity index (χ1) is 8.63. The fourth-order valence-corrected chi connectivity index (χ4v) is 2.60. The summed E-state index contributed by atoms with van der Waals surface area (Å²) >= 11 is 3.52. The van der Waals surface area contributed by atoms with E-state index in [-0.39, 0.29) is 0 Å². The Morgan fingerprint density at radius 1 is 1.39 bits per heavy atom. The molecule has 0 aliphatic heterocycles. The third-order valence-corrected chi connectivity index (χ3v) is 3.59. The number of hydrogen-bond acceptors (Lipinski definition) is 2. The summed E-state index contributed by atoms with van der Waals surface area (Å²) in [5.74, 6) is 0. The van der Waals surface area contributed by atoms with Crippen LogP contribution >= 0.6 is 15.9 Å². The molecule has 3 nitrogen and oxygen atoms in total. The second kappa shape index (κ2) is 5.67. The first-order valence-electron chi connectivity index (χ1n) is 6.06. The summed E-state index contributed by atoms with van der Waals surface area (Å²) < 4.78 is 3.07. The summed E-state index contributed by atoms with van der Waals surface area (Å²) in [5.41, 5.74) is 4.84. The molecule has 0 fully saturated rings. The molecular formula is C14H18BrN3. The van der Waals surface area contributed by atoms with Gasteiger partial charge in [-0.05, 0) is 31.7 Å². The van der Waals surface area contributed by atoms with E-state index >= 15 is 0 Å². The molecule has 0 aliphatic carbocycles. The Labute approximate surface area is 116 Å². The van der Waals surface area contributed by atoms with E-state index in [0.29, 0.717) is 0 Å². The quantitative estimate of drug-likeness (QED) is 0.941. The van der Waals surface area contributed by atoms with Crippen molar-refractivity contribution < 1.29 is 0 Å². The molecule has 0 saturated heterocycles. The van der Waals surface area contributed by atoms with Crippen LogP contribution in [0, 0.1) is 6.92 Å². The molecule has 1 aromatic carbocycles. The first kappa shape index (κ1) is 13.3. The molecule has 0 atom stereocenters. The highest BCUT2D eigenvalue weighted by atomic mass is 79.9. The number of halogens is 1. The zero-order valence-electron chi connectivity index (χ0n) is 11.0. The van der Waals surface area contributed by atoms with Gasteiger partial charge in [0.15, 0.2) is 0 Å². The second-order valence-corrected chi connectivity index (χ2v) is 5.32. The van der Waals surface area contributed by atoms with Crippen molar-refractivity contribution in [2.75, 3.05) is 13.6 Å². The van der Waals surface area contributed by atoms with E-state index in [4.69, 9.17) is 0 Å². The van der Waals surface area contributed by atoms with Crippen molar-refractivity contribution >= 4 is 15.9 Å². The molecule has 96 valence electrons. The van der Waals surface area contributed by atoms with E-state index in [9.17, 15) is 0 Å². The summed E-state index contributed by atoms with van der Waals surface area (Å²) in [6, 6.07) is 8.35. The summed E-state index contributed by atoms with van der Waals surface area (Å²) in [4.78, 5) is 0. The smallest absolute Gasteiger partial charge is 0.0711 e. The van der Waals surface area contributed by atoms with Gasteiger partial charge in [0, 0.05) is 30.0 Å². The van der Waals surface area contributed by atoms with Crippen LogP contribution in [0.4, 0.5) is 0 Å². The highest BCUT2D eigenvalue weighted by Gasteiger charge is 2.13. The van der Waals surface area contributed by atoms with E-state index in [0.717, 1.165) is 17.4 Å². The van der Waals surface area contributed by atoms with Crippen LogP contribution in [-0.4, -0.2) is 23.4 Å². The summed E-state index contributed by atoms with van der Waals surface area (Å²) in [6.45, 7) is 3.10. The second-order valence-electron chi connectivity index (χ2n) is 4.41. The fourth-order valence-electron chi connectivity index (χ4n) is 2.21. The molecule has 4 heteroatoms. The predicted molar refractivity (Wildman–Crippen MR) is 78.7 cm³/mol. The summed E-state index contributed by atoms with van der Waals surface area (Å²) in [7, 11) is 3.97. The van der Waals surface area contributed by atoms with Crippen LogP contribution in [0.15, 0.2) is 28.7 Å². The number of hydrogen-bond donors (Lipinski definition) is 1. The van der Waals surface area contributed by atoms with Crippen LogP contribution in [-0.2, 0) is 13.5 Å². The lowest BCUT2D eigenvalue weighted by atomic mass is 10.1. The minimum Gasteiger partial charge on any atom is -0.319 e. The summed E-state index contributed by atoms with van der Waals surface area (Å²) in [5, 5.41) is 7.78. The number of likely N-dealkylation sites (N-methyl/N-ethyl adjacent to an activating group) is 1. The van der Waals surface area contributed by atoms with Gasteiger partial charge in [-0.15, -0.1) is 0 Å². The van der Waals surface area contributed by atoms with Crippen molar-refractivity contribution in [2.24, 2.45) is 7.05 Å². The average molecular weight is 308 g/mol. The minimum atomic E-state index is 0.954. The molecule has 1 N–H and O–H groups in total. The SMILES string of the molecule is CNCCc1nn(C)c(-c2cccc(Br)c2)c1C. The maximum Gasteiger partial charge on any atom is 0.0711 e. The highest BCUT2D eigenvalue weighted by molar-refractivity contribution is 9.10. The van der Waals surface area contributed by atoms with Gasteiger partial charge in [-0.3, -0.25) is 4.68 Å². The number of benzene rings is 1. The molecule has 0 bridgehead atoms. The number of nitrogens with one attached hydrogen (secondary N) is 1. The number of nitrogens with zero attached hydrogens (tertiary/aromatic N) is 2. The molecule has 1 heterocycles. The van der Waals surface area contributed by atoms with Crippen LogP contribution in [0.25, 0.3) is 11.3 Å². The first-order valence-corrected chi connectivity index (χ1v) is 6.85. The van der Waals surface area contributed by atoms with Gasteiger partial charge in [0.2, 0.25) is 0 Å². The largest absolute Gasteiger partial charge is 0.319 e. The van der Waals surface area contributed by atoms with Crippen LogP contribution in [0.2, 0.25) is 0 Å². The normalized spacial score (nSPS) is 10.9. The van der Waals surface area contributed by atoms with Gasteiger partial charge in [-0.25, -0.2) is 0 Å². The summed E-state index contributed by atoms with van der Waals surface area (Å²) in [6.07, 6.45) is 0.962. The number of rotatable bonds is 4. The molecule has 2 aromatic rings. The highest BCUT2D eigenvalue weighted by Crippen LogP contribution is 2.27. The van der Waals surface area contributed by atoms with E-state index in [1.807, 2.05) is 24.8 Å². The molecular weight excluding hydrogens is 290 g/mol. The van der Waals surface area contributed by atoms with Gasteiger partial charge in [0.1, 0.15) is 0 Å². The Kier molecular flexibility index (Phi) is 4.19. The molecule has 0 saturated carbocycles. The maximum absolute atomic E-state index is 4.62. The Morgan fingerprint density at radius 2 is 2.17 bits per heavy atom. The minimum absolute atomic E-state index is 0.954. The van der Waals surface area contributed by atoms with Gasteiger partial charge in [0.05, 0.1) is 11.4 Å². The Balaban J connectivity index is 2.42. The molecule has 18 heavy (non-hydrogen) atoms. The van der Waals surface area contributed by atoms with Gasteiger partial charge in [-0.2, -0.15) is 5.10 Å². The van der Waals surface area contributed by atoms with Gasteiger partial charge < -0.3 is 5.32 Å². The molecule has 0 aliphatic rings. The molecule has 1 aromatic heterocycles. The fraction of sp³-hybridized carbons (Fsp3) is 0.357. The Bertz CT molecular complexity index is 546. The molecule has 0 spiro atoms. The van der Waals surface area contributed by atoms with Crippen LogP contribution in [0.5, 0.6) is 0 Å². The topological polar surface area (TPSA) is 29.9 Å². The van der Waals surface area contributed by atoms with Gasteiger partial charge in [-0.1, -0.05) is 28.1 Å². The Hall–Kier alpha value is -1.13. The van der Waals surface area contributed by atoms with Crippen molar-refractivity contribution in [3.05, 3.63) is 40.0 Å². The van der Waals surface area contributed by atoms with E-state index in [2.05, 4.69) is 51.5 Å². The number of aromatic nitrogens is 2. The van der Waals surface area contributed by atoms with E-state index in [1.165, 1.54) is 22.5 Å². The standard InChI is InChI=1S/C14H18BrN3/c1-10-13(7-8-16-2)17-18(3)14(10)11-5-4-6-12(15)9-11/h4-6,9,16H,7-8H2,1-3H3. The molecule has 0 amide bonds. The van der Waals surface area contributed by atoms with Gasteiger partial charge in [0.25, 0.3) is 0 Å². The third-order valence-electron chi connectivity index (χ3n) is 3.09. The lowest BCUT2D eigenvalue weighted by Gasteiger charge is -2.04. The predicted octanol–water partition coefficient (Wildman–Crippen LogP) is 2.92. The maximum atomic E-state index is 4.62. The van der Waals surface area contributed by atoms with Crippen LogP contribution < -0.4 is 5.32 Å². The molecule has 2 rings (SSSR count). The van der Waals surface area contributed by atoms with Crippen molar-refractivity contribution in [2.45, 2.75) is 13.3 Å². The lowest BCUT2D eigenvalue weighted by molar-refractivity contribution is 0.720. The van der Waals surface area contributed by atoms with Gasteiger partial charge >= 0.3 is 0 Å². The van der Waals surface area contributed by atoms with E-state index < -0.39 is 0 Å². The average Bonchev–Trinajstić information content (AvgIpc) is 2.62. The zero-order valence-corrected chi connectivity index (χ0v) is 12.6. The van der Waals surface area contributed by atoms with Crippen molar-refractivity contribution in [3.63, 3.8) is 0 Å². The van der Waals surface area contributed by atoms with Crippen LogP contribution in [0.1, 0.15) is 11.3 Å². The van der Waals surface area contributed by atoms with Crippen molar-refractivity contribution in [1.29, 1.82) is 0 Å². The zero-order chi connectivity index (χ0) is 13.1. The molecule has 0 unspecified atom stereocenters. The lowest BCUT2D eigenvalue weighted by Crippen LogP contribution is -2.11. The Morgan fingerprint density at radius 3 is 2.83 bits per heavy atom. The van der Waals surface area contributed by atoms with E-state index in [1.54, 1.807) is 0 Å². The monoisotopic (exact) mass is 307 g/mol.